The van der Waals surface area contributed by atoms with E-state index in [1.165, 1.54) is 0 Å². The van der Waals surface area contributed by atoms with Crippen LogP contribution in [0.5, 0.6) is 0 Å². The van der Waals surface area contributed by atoms with Gasteiger partial charge in [-0.05, 0) is 39.0 Å². The lowest BCUT2D eigenvalue weighted by molar-refractivity contribution is 0.0105. The molecule has 1 saturated heterocycles. The summed E-state index contributed by atoms with van der Waals surface area (Å²) < 4.78 is 5.30. The number of benzene rings is 1. The molecule has 1 aromatic rings. The number of ether oxygens (including phenoxy) is 1. The van der Waals surface area contributed by atoms with Crippen LogP contribution >= 0.6 is 23.2 Å². The standard InChI is InChI=1S/C14H18Cl2N2O2/c1-14(2,3)20-13(19)18-7-10(8-18)17-9-4-5-11(15)12(16)6-9/h4-6,10,17H,7-8H2,1-3H3. The fraction of sp³-hybridized carbons (Fsp3) is 0.500. The van der Waals surface area contributed by atoms with Gasteiger partial charge in [-0.2, -0.15) is 0 Å². The molecule has 4 nitrogen and oxygen atoms in total. The molecule has 1 heterocycles. The summed E-state index contributed by atoms with van der Waals surface area (Å²) in [5.74, 6) is 0. The topological polar surface area (TPSA) is 41.6 Å². The third kappa shape index (κ3) is 3.93. The van der Waals surface area contributed by atoms with Crippen LogP contribution in [0.1, 0.15) is 20.8 Å². The summed E-state index contributed by atoms with van der Waals surface area (Å²) in [7, 11) is 0. The number of rotatable bonds is 2. The molecule has 0 spiro atoms. The number of halogens is 2. The molecule has 2 rings (SSSR count). The van der Waals surface area contributed by atoms with E-state index in [2.05, 4.69) is 5.32 Å². The summed E-state index contributed by atoms with van der Waals surface area (Å²) in [6.07, 6.45) is -0.273. The first kappa shape index (κ1) is 15.3. The van der Waals surface area contributed by atoms with Crippen molar-refractivity contribution in [1.29, 1.82) is 0 Å². The second kappa shape index (κ2) is 5.70. The lowest BCUT2D eigenvalue weighted by Gasteiger charge is -2.40. The minimum absolute atomic E-state index is 0.208. The Balaban J connectivity index is 1.82. The predicted molar refractivity (Wildman–Crippen MR) is 81.7 cm³/mol. The molecule has 1 aliphatic heterocycles. The van der Waals surface area contributed by atoms with Gasteiger partial charge in [-0.15, -0.1) is 0 Å². The monoisotopic (exact) mass is 316 g/mol. The van der Waals surface area contributed by atoms with Crippen molar-refractivity contribution in [3.8, 4) is 0 Å². The Kier molecular flexibility index (Phi) is 4.35. The Morgan fingerprint density at radius 3 is 2.50 bits per heavy atom. The third-order valence-electron chi connectivity index (χ3n) is 2.82. The lowest BCUT2D eigenvalue weighted by Crippen LogP contribution is -2.57. The first-order chi connectivity index (χ1) is 9.24. The number of nitrogens with one attached hydrogen (secondary N) is 1. The van der Waals surface area contributed by atoms with Crippen LogP contribution in [0.2, 0.25) is 10.0 Å². The average Bonchev–Trinajstić information content (AvgIpc) is 2.25. The van der Waals surface area contributed by atoms with E-state index < -0.39 is 5.60 Å². The summed E-state index contributed by atoms with van der Waals surface area (Å²) in [6, 6.07) is 5.60. The molecule has 0 saturated carbocycles. The highest BCUT2D eigenvalue weighted by Crippen LogP contribution is 2.26. The molecule has 1 fully saturated rings. The number of nitrogens with zero attached hydrogens (tertiary/aromatic N) is 1. The average molecular weight is 317 g/mol. The van der Waals surface area contributed by atoms with Crippen molar-refractivity contribution in [3.63, 3.8) is 0 Å². The molecule has 1 aromatic carbocycles. The molecule has 0 aliphatic carbocycles. The Bertz CT molecular complexity index is 508. The highest BCUT2D eigenvalue weighted by atomic mass is 35.5. The first-order valence-corrected chi connectivity index (χ1v) is 7.20. The van der Waals surface area contributed by atoms with Crippen LogP contribution in [-0.4, -0.2) is 35.7 Å². The van der Waals surface area contributed by atoms with Crippen LogP contribution in [0.3, 0.4) is 0 Å². The summed E-state index contributed by atoms with van der Waals surface area (Å²) in [4.78, 5) is 13.4. The summed E-state index contributed by atoms with van der Waals surface area (Å²) in [5, 5.41) is 4.34. The number of likely N-dealkylation sites (tertiary alicyclic amines) is 1. The second-order valence-corrected chi connectivity index (χ2v) is 6.67. The zero-order valence-corrected chi connectivity index (χ0v) is 13.3. The van der Waals surface area contributed by atoms with Crippen molar-refractivity contribution in [2.24, 2.45) is 0 Å². The number of amides is 1. The van der Waals surface area contributed by atoms with Crippen molar-refractivity contribution >= 4 is 35.0 Å². The van der Waals surface area contributed by atoms with Gasteiger partial charge in [0.15, 0.2) is 0 Å². The Hall–Kier alpha value is -1.13. The maximum absolute atomic E-state index is 11.8. The molecule has 1 aliphatic rings. The van der Waals surface area contributed by atoms with E-state index in [0.29, 0.717) is 23.1 Å². The SMILES string of the molecule is CC(C)(C)OC(=O)N1CC(Nc2ccc(Cl)c(Cl)c2)C1. The fourth-order valence-electron chi connectivity index (χ4n) is 1.87. The molecule has 0 bridgehead atoms. The zero-order chi connectivity index (χ0) is 14.9. The quantitative estimate of drug-likeness (QED) is 0.895. The van der Waals surface area contributed by atoms with Gasteiger partial charge in [-0.3, -0.25) is 0 Å². The number of hydrogen-bond acceptors (Lipinski definition) is 3. The largest absolute Gasteiger partial charge is 0.444 e. The van der Waals surface area contributed by atoms with Gasteiger partial charge in [0.05, 0.1) is 16.1 Å². The minimum atomic E-state index is -0.459. The minimum Gasteiger partial charge on any atom is -0.444 e. The van der Waals surface area contributed by atoms with Gasteiger partial charge < -0.3 is 15.0 Å². The molecule has 1 N–H and O–H groups in total. The molecule has 6 heteroatoms. The molecule has 110 valence electrons. The van der Waals surface area contributed by atoms with Crippen LogP contribution in [0.4, 0.5) is 10.5 Å². The summed E-state index contributed by atoms with van der Waals surface area (Å²) in [5.41, 5.74) is 0.437. The van der Waals surface area contributed by atoms with Crippen molar-refractivity contribution in [2.75, 3.05) is 18.4 Å². The Labute approximate surface area is 129 Å². The van der Waals surface area contributed by atoms with E-state index in [1.807, 2.05) is 26.8 Å². The van der Waals surface area contributed by atoms with Gasteiger partial charge in [0.2, 0.25) is 0 Å². The van der Waals surface area contributed by atoms with Gasteiger partial charge in [-0.1, -0.05) is 23.2 Å². The van der Waals surface area contributed by atoms with Crippen LogP contribution < -0.4 is 5.32 Å². The van der Waals surface area contributed by atoms with Crippen molar-refractivity contribution in [1.82, 2.24) is 4.90 Å². The van der Waals surface area contributed by atoms with Crippen LogP contribution in [-0.2, 0) is 4.74 Å². The van der Waals surface area contributed by atoms with Gasteiger partial charge in [0.1, 0.15) is 5.60 Å². The summed E-state index contributed by atoms with van der Waals surface area (Å²) >= 11 is 11.8. The van der Waals surface area contributed by atoms with Crippen LogP contribution in [0.25, 0.3) is 0 Å². The Morgan fingerprint density at radius 1 is 1.30 bits per heavy atom. The smallest absolute Gasteiger partial charge is 0.410 e. The van der Waals surface area contributed by atoms with Gasteiger partial charge >= 0.3 is 6.09 Å². The zero-order valence-electron chi connectivity index (χ0n) is 11.7. The van der Waals surface area contributed by atoms with Crippen molar-refractivity contribution < 1.29 is 9.53 Å². The molecule has 0 atom stereocenters. The molecular formula is C14H18Cl2N2O2. The van der Waals surface area contributed by atoms with Crippen molar-refractivity contribution in [2.45, 2.75) is 32.4 Å². The number of anilines is 1. The van der Waals surface area contributed by atoms with Gasteiger partial charge in [-0.25, -0.2) is 4.79 Å². The molecule has 1 amide bonds. The van der Waals surface area contributed by atoms with E-state index >= 15 is 0 Å². The van der Waals surface area contributed by atoms with E-state index in [4.69, 9.17) is 27.9 Å². The number of carbonyl (C=O) groups is 1. The maximum atomic E-state index is 11.8. The Morgan fingerprint density at radius 2 is 1.95 bits per heavy atom. The number of carbonyl (C=O) groups excluding carboxylic acids is 1. The molecule has 0 aromatic heterocycles. The second-order valence-electron chi connectivity index (χ2n) is 5.86. The van der Waals surface area contributed by atoms with Crippen LogP contribution in [0.15, 0.2) is 18.2 Å². The van der Waals surface area contributed by atoms with Crippen LogP contribution in [0, 0.1) is 0 Å². The fourth-order valence-corrected chi connectivity index (χ4v) is 2.17. The van der Waals surface area contributed by atoms with Crippen molar-refractivity contribution in [3.05, 3.63) is 28.2 Å². The van der Waals surface area contributed by atoms with E-state index in [9.17, 15) is 4.79 Å². The molecular weight excluding hydrogens is 299 g/mol. The normalized spacial score (nSPS) is 15.8. The van der Waals surface area contributed by atoms with Gasteiger partial charge in [0, 0.05) is 18.8 Å². The van der Waals surface area contributed by atoms with Gasteiger partial charge in [0.25, 0.3) is 0 Å². The number of hydrogen-bond donors (Lipinski definition) is 1. The molecule has 0 unspecified atom stereocenters. The third-order valence-corrected chi connectivity index (χ3v) is 3.56. The van der Waals surface area contributed by atoms with E-state index in [1.54, 1.807) is 17.0 Å². The van der Waals surface area contributed by atoms with E-state index in [0.717, 1.165) is 5.69 Å². The van der Waals surface area contributed by atoms with E-state index in [-0.39, 0.29) is 12.1 Å². The predicted octanol–water partition coefficient (Wildman–Crippen LogP) is 4.02. The lowest BCUT2D eigenvalue weighted by atomic mass is 10.1. The summed E-state index contributed by atoms with van der Waals surface area (Å²) in [6.45, 7) is 6.81. The highest BCUT2D eigenvalue weighted by Gasteiger charge is 2.33. The highest BCUT2D eigenvalue weighted by molar-refractivity contribution is 6.42. The molecule has 0 radical (unpaired) electrons. The maximum Gasteiger partial charge on any atom is 0.410 e. The molecule has 20 heavy (non-hydrogen) atoms. The first-order valence-electron chi connectivity index (χ1n) is 6.44.